The molecule has 1 saturated carbocycles. The number of nitrogens with one attached hydrogen (secondary N) is 1. The van der Waals surface area contributed by atoms with Gasteiger partial charge in [-0.25, -0.2) is 0 Å². The van der Waals surface area contributed by atoms with Gasteiger partial charge in [0.1, 0.15) is 0 Å². The highest BCUT2D eigenvalue weighted by Crippen LogP contribution is 2.26. The molecule has 0 aromatic carbocycles. The zero-order chi connectivity index (χ0) is 14.5. The number of hydrogen-bond donors (Lipinski definition) is 2. The normalized spacial score (nSPS) is 22.1. The Morgan fingerprint density at radius 3 is 2.32 bits per heavy atom. The average molecular weight is 270 g/mol. The van der Waals surface area contributed by atoms with Gasteiger partial charge >= 0.3 is 0 Å². The molecule has 0 aliphatic heterocycles. The maximum atomic E-state index is 9.67. The molecule has 1 rings (SSSR count). The van der Waals surface area contributed by atoms with Crippen molar-refractivity contribution in [1.29, 1.82) is 0 Å². The van der Waals surface area contributed by atoms with E-state index in [1.54, 1.807) is 0 Å². The van der Waals surface area contributed by atoms with Crippen molar-refractivity contribution in [2.24, 2.45) is 5.92 Å². The summed E-state index contributed by atoms with van der Waals surface area (Å²) in [6.45, 7) is 10.1. The fourth-order valence-corrected chi connectivity index (χ4v) is 3.45. The first-order valence-corrected chi connectivity index (χ1v) is 7.95. The molecular formula is C16H34N2O. The summed E-state index contributed by atoms with van der Waals surface area (Å²) in [5.74, 6) is 0.894. The van der Waals surface area contributed by atoms with Gasteiger partial charge in [-0.05, 0) is 46.1 Å². The molecule has 0 aromatic heterocycles. The second-order valence-corrected chi connectivity index (χ2v) is 7.16. The number of rotatable bonds is 8. The highest BCUT2D eigenvalue weighted by molar-refractivity contribution is 4.88. The maximum absolute atomic E-state index is 9.67. The van der Waals surface area contributed by atoms with Crippen LogP contribution in [0.4, 0.5) is 0 Å². The van der Waals surface area contributed by atoms with Crippen LogP contribution in [0.1, 0.15) is 59.8 Å². The van der Waals surface area contributed by atoms with Crippen LogP contribution >= 0.6 is 0 Å². The summed E-state index contributed by atoms with van der Waals surface area (Å²) in [5, 5.41) is 13.2. The molecule has 3 heteroatoms. The Balaban J connectivity index is 2.43. The predicted octanol–water partition coefficient (Wildman–Crippen LogP) is 2.64. The molecule has 0 spiro atoms. The molecule has 0 heterocycles. The smallest absolute Gasteiger partial charge is 0.0611 e. The first kappa shape index (κ1) is 16.9. The molecule has 0 amide bonds. The standard InChI is InChI=1S/C16H34N2O/c1-13(2)17-16(4,12-19)10-14(3)18(5)11-15-8-6-7-9-15/h13-15,17,19H,6-12H2,1-5H3. The molecule has 0 radical (unpaired) electrons. The van der Waals surface area contributed by atoms with E-state index in [1.165, 1.54) is 32.2 Å². The van der Waals surface area contributed by atoms with Crippen LogP contribution in [-0.4, -0.2) is 47.8 Å². The maximum Gasteiger partial charge on any atom is 0.0611 e. The molecule has 2 unspecified atom stereocenters. The molecular weight excluding hydrogens is 236 g/mol. The zero-order valence-corrected chi connectivity index (χ0v) is 13.6. The lowest BCUT2D eigenvalue weighted by atomic mass is 9.92. The highest BCUT2D eigenvalue weighted by atomic mass is 16.3. The van der Waals surface area contributed by atoms with Crippen LogP contribution in [0.25, 0.3) is 0 Å². The van der Waals surface area contributed by atoms with Crippen LogP contribution in [-0.2, 0) is 0 Å². The summed E-state index contributed by atoms with van der Waals surface area (Å²) < 4.78 is 0. The van der Waals surface area contributed by atoms with Gasteiger partial charge in [-0.3, -0.25) is 0 Å². The molecule has 1 aliphatic carbocycles. The first-order chi connectivity index (χ1) is 8.86. The Morgan fingerprint density at radius 1 is 1.26 bits per heavy atom. The zero-order valence-electron chi connectivity index (χ0n) is 13.6. The predicted molar refractivity (Wildman–Crippen MR) is 82.4 cm³/mol. The van der Waals surface area contributed by atoms with Crippen LogP contribution in [0.3, 0.4) is 0 Å². The molecule has 0 saturated heterocycles. The molecule has 2 N–H and O–H groups in total. The topological polar surface area (TPSA) is 35.5 Å². The summed E-state index contributed by atoms with van der Waals surface area (Å²) in [4.78, 5) is 2.48. The van der Waals surface area contributed by atoms with Crippen molar-refractivity contribution >= 4 is 0 Å². The Bertz CT molecular complexity index is 251. The summed E-state index contributed by atoms with van der Waals surface area (Å²) in [6, 6.07) is 0.911. The van der Waals surface area contributed by atoms with Crippen molar-refractivity contribution < 1.29 is 5.11 Å². The van der Waals surface area contributed by atoms with Gasteiger partial charge in [-0.2, -0.15) is 0 Å². The van der Waals surface area contributed by atoms with Gasteiger partial charge in [0.2, 0.25) is 0 Å². The Labute approximate surface area is 119 Å². The number of nitrogens with zero attached hydrogens (tertiary/aromatic N) is 1. The van der Waals surface area contributed by atoms with Crippen LogP contribution in [0.5, 0.6) is 0 Å². The van der Waals surface area contributed by atoms with E-state index in [2.05, 4.69) is 45.0 Å². The minimum absolute atomic E-state index is 0.169. The number of hydrogen-bond acceptors (Lipinski definition) is 3. The van der Waals surface area contributed by atoms with Gasteiger partial charge in [-0.15, -0.1) is 0 Å². The summed E-state index contributed by atoms with van der Waals surface area (Å²) in [6.07, 6.45) is 6.62. The van der Waals surface area contributed by atoms with E-state index in [-0.39, 0.29) is 12.1 Å². The lowest BCUT2D eigenvalue weighted by Crippen LogP contribution is -2.52. The largest absolute Gasteiger partial charge is 0.394 e. The second kappa shape index (κ2) is 7.61. The van der Waals surface area contributed by atoms with Gasteiger partial charge in [0, 0.05) is 24.2 Å². The minimum Gasteiger partial charge on any atom is -0.394 e. The van der Waals surface area contributed by atoms with Crippen molar-refractivity contribution in [3.05, 3.63) is 0 Å². The van der Waals surface area contributed by atoms with Gasteiger partial charge in [-0.1, -0.05) is 26.7 Å². The highest BCUT2D eigenvalue weighted by Gasteiger charge is 2.28. The van der Waals surface area contributed by atoms with Crippen LogP contribution < -0.4 is 5.32 Å². The SMILES string of the molecule is CC(C)NC(C)(CO)CC(C)N(C)CC1CCCC1. The molecule has 3 nitrogen and oxygen atoms in total. The molecule has 1 aliphatic rings. The van der Waals surface area contributed by atoms with E-state index in [0.717, 1.165) is 12.3 Å². The van der Waals surface area contributed by atoms with Crippen LogP contribution in [0.2, 0.25) is 0 Å². The monoisotopic (exact) mass is 270 g/mol. The van der Waals surface area contributed by atoms with E-state index in [0.29, 0.717) is 12.1 Å². The minimum atomic E-state index is -0.169. The summed E-state index contributed by atoms with van der Waals surface area (Å²) in [5.41, 5.74) is -0.169. The molecule has 1 fully saturated rings. The van der Waals surface area contributed by atoms with E-state index in [4.69, 9.17) is 0 Å². The van der Waals surface area contributed by atoms with Crippen molar-refractivity contribution in [2.75, 3.05) is 20.2 Å². The first-order valence-electron chi connectivity index (χ1n) is 7.95. The molecule has 2 atom stereocenters. The van der Waals surface area contributed by atoms with Gasteiger partial charge in [0.25, 0.3) is 0 Å². The lowest BCUT2D eigenvalue weighted by Gasteiger charge is -2.37. The Hall–Kier alpha value is -0.120. The van der Waals surface area contributed by atoms with Gasteiger partial charge in [0.05, 0.1) is 6.61 Å². The summed E-state index contributed by atoms with van der Waals surface area (Å²) in [7, 11) is 2.23. The Morgan fingerprint density at radius 2 is 1.84 bits per heavy atom. The Kier molecular flexibility index (Phi) is 6.78. The van der Waals surface area contributed by atoms with Gasteiger partial charge < -0.3 is 15.3 Å². The van der Waals surface area contributed by atoms with E-state index < -0.39 is 0 Å². The van der Waals surface area contributed by atoms with E-state index in [1.807, 2.05) is 0 Å². The molecule has 0 aromatic rings. The summed E-state index contributed by atoms with van der Waals surface area (Å²) >= 11 is 0. The molecule has 19 heavy (non-hydrogen) atoms. The van der Waals surface area contributed by atoms with Gasteiger partial charge in [0.15, 0.2) is 0 Å². The third-order valence-electron chi connectivity index (χ3n) is 4.51. The number of aliphatic hydroxyl groups is 1. The van der Waals surface area contributed by atoms with Crippen molar-refractivity contribution in [3.8, 4) is 0 Å². The second-order valence-electron chi connectivity index (χ2n) is 7.16. The fourth-order valence-electron chi connectivity index (χ4n) is 3.45. The van der Waals surface area contributed by atoms with E-state index >= 15 is 0 Å². The lowest BCUT2D eigenvalue weighted by molar-refractivity contribution is 0.113. The quantitative estimate of drug-likeness (QED) is 0.712. The van der Waals surface area contributed by atoms with E-state index in [9.17, 15) is 5.11 Å². The van der Waals surface area contributed by atoms with Crippen LogP contribution in [0, 0.1) is 5.92 Å². The third kappa shape index (κ3) is 5.80. The van der Waals surface area contributed by atoms with Crippen molar-refractivity contribution in [3.63, 3.8) is 0 Å². The molecule has 114 valence electrons. The van der Waals surface area contributed by atoms with Crippen LogP contribution in [0.15, 0.2) is 0 Å². The third-order valence-corrected chi connectivity index (χ3v) is 4.51. The van der Waals surface area contributed by atoms with Crippen molar-refractivity contribution in [2.45, 2.75) is 77.4 Å². The molecule has 0 bridgehead atoms. The fraction of sp³-hybridized carbons (Fsp3) is 1.00. The van der Waals surface area contributed by atoms with Crippen molar-refractivity contribution in [1.82, 2.24) is 10.2 Å². The number of aliphatic hydroxyl groups excluding tert-OH is 1. The average Bonchev–Trinajstić information content (AvgIpc) is 2.80.